The Morgan fingerprint density at radius 3 is 2.48 bits per heavy atom. The minimum atomic E-state index is -0.404. The number of rotatable bonds is 8. The first-order valence-electron chi connectivity index (χ1n) is 9.41. The van der Waals surface area contributed by atoms with Crippen LogP contribution in [0.15, 0.2) is 76.7 Å². The van der Waals surface area contributed by atoms with E-state index in [1.807, 2.05) is 67.6 Å². The van der Waals surface area contributed by atoms with Crippen molar-refractivity contribution in [1.82, 2.24) is 14.9 Å². The zero-order valence-corrected chi connectivity index (χ0v) is 17.1. The van der Waals surface area contributed by atoms with Crippen LogP contribution in [0.4, 0.5) is 5.82 Å². The molecule has 3 rings (SSSR count). The number of hydrogen-bond acceptors (Lipinski definition) is 5. The molecule has 1 aromatic heterocycles. The second-order valence-corrected chi connectivity index (χ2v) is 7.62. The number of aromatic nitrogens is 2. The van der Waals surface area contributed by atoms with Crippen LogP contribution < -0.4 is 16.6 Å². The Kier molecular flexibility index (Phi) is 7.08. The van der Waals surface area contributed by atoms with Crippen LogP contribution in [-0.2, 0) is 17.8 Å². The fraction of sp³-hybridized carbons (Fsp3) is 0.227. The maximum Gasteiger partial charge on any atom is 0.275 e. The van der Waals surface area contributed by atoms with Crippen LogP contribution in [0.25, 0.3) is 0 Å². The molecule has 29 heavy (non-hydrogen) atoms. The van der Waals surface area contributed by atoms with Gasteiger partial charge in [0.05, 0.1) is 11.8 Å². The van der Waals surface area contributed by atoms with Crippen molar-refractivity contribution in [2.24, 2.45) is 0 Å². The molecule has 0 fully saturated rings. The lowest BCUT2D eigenvalue weighted by Gasteiger charge is -2.16. The molecule has 1 atom stereocenters. The molecule has 1 amide bonds. The van der Waals surface area contributed by atoms with E-state index in [-0.39, 0.29) is 17.7 Å². The second-order valence-electron chi connectivity index (χ2n) is 6.68. The van der Waals surface area contributed by atoms with Gasteiger partial charge in [-0.15, -0.1) is 0 Å². The number of hydrogen-bond donors (Lipinski definition) is 2. The Labute approximate surface area is 174 Å². The largest absolute Gasteiger partial charge is 0.385 e. The number of anilines is 1. The van der Waals surface area contributed by atoms with E-state index in [4.69, 9.17) is 5.73 Å². The molecule has 0 spiro atoms. The minimum Gasteiger partial charge on any atom is -0.385 e. The molecule has 0 aliphatic carbocycles. The Balaban J connectivity index is 1.65. The molecule has 0 aliphatic rings. The summed E-state index contributed by atoms with van der Waals surface area (Å²) >= 11 is 1.22. The molecule has 1 heterocycles. The number of nitrogens with one attached hydrogen (secondary N) is 1. The monoisotopic (exact) mass is 408 g/mol. The van der Waals surface area contributed by atoms with E-state index in [2.05, 4.69) is 10.3 Å². The number of aryl methyl sites for hydroxylation is 1. The SMILES string of the molecule is CC(NC(=O)CSc1nc(=O)cc(N)n1CCc1ccccc1)c1ccccc1. The molecule has 3 N–H and O–H groups in total. The maximum atomic E-state index is 12.4. The lowest BCUT2D eigenvalue weighted by molar-refractivity contribution is -0.119. The van der Waals surface area contributed by atoms with E-state index in [0.29, 0.717) is 17.5 Å². The van der Waals surface area contributed by atoms with Gasteiger partial charge in [-0.1, -0.05) is 72.4 Å². The first-order valence-corrected chi connectivity index (χ1v) is 10.4. The van der Waals surface area contributed by atoms with Gasteiger partial charge in [-0.3, -0.25) is 9.59 Å². The van der Waals surface area contributed by atoms with Crippen molar-refractivity contribution < 1.29 is 4.79 Å². The average molecular weight is 409 g/mol. The Bertz CT molecular complexity index is 1010. The number of thioether (sulfide) groups is 1. The van der Waals surface area contributed by atoms with Crippen molar-refractivity contribution in [3.8, 4) is 0 Å². The second kappa shape index (κ2) is 9.93. The lowest BCUT2D eigenvalue weighted by atomic mass is 10.1. The van der Waals surface area contributed by atoms with Gasteiger partial charge in [0, 0.05) is 12.6 Å². The van der Waals surface area contributed by atoms with E-state index in [9.17, 15) is 9.59 Å². The maximum absolute atomic E-state index is 12.4. The average Bonchev–Trinajstić information content (AvgIpc) is 2.72. The van der Waals surface area contributed by atoms with Gasteiger partial charge in [-0.05, 0) is 24.5 Å². The molecule has 150 valence electrons. The summed E-state index contributed by atoms with van der Waals surface area (Å²) in [6, 6.07) is 21.0. The number of carbonyl (C=O) groups excluding carboxylic acids is 1. The van der Waals surface area contributed by atoms with Crippen LogP contribution in [0.1, 0.15) is 24.1 Å². The van der Waals surface area contributed by atoms with Crippen molar-refractivity contribution in [2.75, 3.05) is 11.5 Å². The number of nitrogens with two attached hydrogens (primary N) is 1. The summed E-state index contributed by atoms with van der Waals surface area (Å²) in [5, 5.41) is 3.42. The van der Waals surface area contributed by atoms with Gasteiger partial charge in [0.1, 0.15) is 5.82 Å². The molecular formula is C22H24N4O2S. The van der Waals surface area contributed by atoms with Crippen LogP contribution in [0.3, 0.4) is 0 Å². The topological polar surface area (TPSA) is 90.0 Å². The summed E-state index contributed by atoms with van der Waals surface area (Å²) < 4.78 is 1.78. The summed E-state index contributed by atoms with van der Waals surface area (Å²) in [7, 11) is 0. The summed E-state index contributed by atoms with van der Waals surface area (Å²) in [6.45, 7) is 2.51. The number of amides is 1. The Morgan fingerprint density at radius 1 is 1.14 bits per heavy atom. The highest BCUT2D eigenvalue weighted by molar-refractivity contribution is 7.99. The predicted octanol–water partition coefficient (Wildman–Crippen LogP) is 3.04. The molecule has 2 aromatic carbocycles. The molecule has 0 saturated heterocycles. The highest BCUT2D eigenvalue weighted by Crippen LogP contribution is 2.19. The summed E-state index contributed by atoms with van der Waals surface area (Å²) in [6.07, 6.45) is 0.750. The number of nitrogen functional groups attached to an aromatic ring is 1. The molecule has 0 saturated carbocycles. The summed E-state index contributed by atoms with van der Waals surface area (Å²) in [5.74, 6) is 0.373. The van der Waals surface area contributed by atoms with Crippen molar-refractivity contribution in [3.05, 3.63) is 88.2 Å². The molecule has 0 bridgehead atoms. The van der Waals surface area contributed by atoms with Gasteiger partial charge in [0.15, 0.2) is 5.16 Å². The van der Waals surface area contributed by atoms with Crippen molar-refractivity contribution in [3.63, 3.8) is 0 Å². The molecular weight excluding hydrogens is 384 g/mol. The van der Waals surface area contributed by atoms with E-state index in [1.54, 1.807) is 4.57 Å². The third kappa shape index (κ3) is 5.96. The Hall–Kier alpha value is -3.06. The van der Waals surface area contributed by atoms with Gasteiger partial charge in [0.25, 0.3) is 5.56 Å². The van der Waals surface area contributed by atoms with Crippen molar-refractivity contribution >= 4 is 23.5 Å². The molecule has 0 radical (unpaired) electrons. The zero-order valence-electron chi connectivity index (χ0n) is 16.2. The molecule has 7 heteroatoms. The van der Waals surface area contributed by atoms with Crippen LogP contribution in [0.5, 0.6) is 0 Å². The van der Waals surface area contributed by atoms with Gasteiger partial charge in [-0.2, -0.15) is 4.98 Å². The Morgan fingerprint density at radius 2 is 1.79 bits per heavy atom. The zero-order chi connectivity index (χ0) is 20.6. The van der Waals surface area contributed by atoms with Crippen LogP contribution in [-0.4, -0.2) is 21.2 Å². The highest BCUT2D eigenvalue weighted by Gasteiger charge is 2.13. The standard InChI is InChI=1S/C22H24N4O2S/c1-16(18-10-6-3-7-11-18)24-21(28)15-29-22-25-20(27)14-19(23)26(22)13-12-17-8-4-2-5-9-17/h2-11,14,16H,12-13,15,23H2,1H3,(H,24,28). The third-order valence-corrected chi connectivity index (χ3v) is 5.47. The highest BCUT2D eigenvalue weighted by atomic mass is 32.2. The third-order valence-electron chi connectivity index (χ3n) is 4.50. The molecule has 1 unspecified atom stereocenters. The minimum absolute atomic E-state index is 0.0987. The summed E-state index contributed by atoms with van der Waals surface area (Å²) in [4.78, 5) is 28.3. The number of benzene rings is 2. The smallest absolute Gasteiger partial charge is 0.275 e. The van der Waals surface area contributed by atoms with Crippen molar-refractivity contribution in [1.29, 1.82) is 0 Å². The molecule has 0 aliphatic heterocycles. The van der Waals surface area contributed by atoms with Gasteiger partial charge >= 0.3 is 0 Å². The van der Waals surface area contributed by atoms with Crippen LogP contribution in [0, 0.1) is 0 Å². The van der Waals surface area contributed by atoms with E-state index in [0.717, 1.165) is 17.5 Å². The van der Waals surface area contributed by atoms with Gasteiger partial charge in [0.2, 0.25) is 5.91 Å². The summed E-state index contributed by atoms with van der Waals surface area (Å²) in [5.41, 5.74) is 7.85. The van der Waals surface area contributed by atoms with Crippen molar-refractivity contribution in [2.45, 2.75) is 31.1 Å². The quantitative estimate of drug-likeness (QED) is 0.442. The normalized spacial score (nSPS) is 11.8. The fourth-order valence-electron chi connectivity index (χ4n) is 2.96. The van der Waals surface area contributed by atoms with E-state index in [1.165, 1.54) is 17.8 Å². The molecule has 6 nitrogen and oxygen atoms in total. The fourth-order valence-corrected chi connectivity index (χ4v) is 3.81. The first-order chi connectivity index (χ1) is 14.0. The predicted molar refractivity (Wildman–Crippen MR) is 117 cm³/mol. The molecule has 3 aromatic rings. The first kappa shape index (κ1) is 20.7. The van der Waals surface area contributed by atoms with Gasteiger partial charge in [-0.25, -0.2) is 0 Å². The lowest BCUT2D eigenvalue weighted by Crippen LogP contribution is -2.28. The van der Waals surface area contributed by atoms with E-state index < -0.39 is 5.56 Å². The number of carbonyl (C=O) groups is 1. The number of nitrogens with zero attached hydrogens (tertiary/aromatic N) is 2. The van der Waals surface area contributed by atoms with E-state index >= 15 is 0 Å². The van der Waals surface area contributed by atoms with Crippen LogP contribution >= 0.6 is 11.8 Å². The van der Waals surface area contributed by atoms with Crippen LogP contribution in [0.2, 0.25) is 0 Å². The van der Waals surface area contributed by atoms with Gasteiger partial charge < -0.3 is 15.6 Å².